The summed E-state index contributed by atoms with van der Waals surface area (Å²) < 4.78 is 39.4. The number of esters is 2. The minimum Gasteiger partial charge on any atom is -0.462 e. The zero-order chi connectivity index (χ0) is 27.9. The number of hydrogen-bond donors (Lipinski definition) is 0. The fourth-order valence-electron chi connectivity index (χ4n) is 3.60. The van der Waals surface area contributed by atoms with Gasteiger partial charge in [0.15, 0.2) is 5.82 Å². The summed E-state index contributed by atoms with van der Waals surface area (Å²) >= 11 is 0. The molecule has 0 aromatic heterocycles. The molecule has 4 rings (SSSR count). The van der Waals surface area contributed by atoms with E-state index in [0.29, 0.717) is 11.3 Å². The Hall–Kier alpha value is -4.92. The summed E-state index contributed by atoms with van der Waals surface area (Å²) in [4.78, 5) is 26.3. The Labute approximate surface area is 224 Å². The first-order valence-electron chi connectivity index (χ1n) is 12.0. The van der Waals surface area contributed by atoms with Crippen LogP contribution in [0.4, 0.5) is 25.8 Å². The standard InChI is InChI=1S/C30H25F2N3O4/c1-4-38-29(36)20-7-15-25(26(31)17-20)19-5-13-24(14-6-19)39-30(37)21-8-16-28(27(32)18-21)34-33-22-9-11-23(12-10-22)35(2)3/h5-18H,4H2,1-3H3. The van der Waals surface area contributed by atoms with Crippen molar-refractivity contribution in [2.45, 2.75) is 6.92 Å². The number of ether oxygens (including phenoxy) is 2. The number of rotatable bonds is 8. The summed E-state index contributed by atoms with van der Waals surface area (Å²) in [5, 5.41) is 7.97. The van der Waals surface area contributed by atoms with Crippen molar-refractivity contribution in [3.8, 4) is 16.9 Å². The van der Waals surface area contributed by atoms with E-state index in [9.17, 15) is 18.4 Å². The third kappa shape index (κ3) is 6.70. The van der Waals surface area contributed by atoms with Crippen LogP contribution in [0.15, 0.2) is 95.2 Å². The molecule has 0 atom stereocenters. The van der Waals surface area contributed by atoms with Gasteiger partial charge in [-0.2, -0.15) is 5.11 Å². The molecule has 0 aliphatic heterocycles. The van der Waals surface area contributed by atoms with Crippen LogP contribution >= 0.6 is 0 Å². The molecule has 0 bridgehead atoms. The Kier molecular flexibility index (Phi) is 8.40. The predicted molar refractivity (Wildman–Crippen MR) is 144 cm³/mol. The molecule has 4 aromatic carbocycles. The molecule has 9 heteroatoms. The number of halogens is 2. The van der Waals surface area contributed by atoms with E-state index >= 15 is 0 Å². The molecule has 0 saturated carbocycles. The monoisotopic (exact) mass is 529 g/mol. The van der Waals surface area contributed by atoms with Gasteiger partial charge in [0.25, 0.3) is 0 Å². The van der Waals surface area contributed by atoms with Gasteiger partial charge in [-0.3, -0.25) is 0 Å². The van der Waals surface area contributed by atoms with Gasteiger partial charge < -0.3 is 14.4 Å². The lowest BCUT2D eigenvalue weighted by Gasteiger charge is -2.11. The maximum Gasteiger partial charge on any atom is 0.343 e. The van der Waals surface area contributed by atoms with E-state index in [4.69, 9.17) is 9.47 Å². The molecule has 0 spiro atoms. The van der Waals surface area contributed by atoms with Gasteiger partial charge in [-0.25, -0.2) is 18.4 Å². The van der Waals surface area contributed by atoms with Gasteiger partial charge in [0.05, 0.1) is 23.4 Å². The Morgan fingerprint density at radius 1 is 0.769 bits per heavy atom. The van der Waals surface area contributed by atoms with Crippen LogP contribution in [0.5, 0.6) is 5.75 Å². The third-order valence-electron chi connectivity index (χ3n) is 5.68. The number of azo groups is 1. The van der Waals surface area contributed by atoms with E-state index in [-0.39, 0.29) is 34.7 Å². The molecular weight excluding hydrogens is 504 g/mol. The van der Waals surface area contributed by atoms with E-state index in [1.54, 1.807) is 31.2 Å². The summed E-state index contributed by atoms with van der Waals surface area (Å²) in [7, 11) is 3.84. The normalized spacial score (nSPS) is 10.9. The van der Waals surface area contributed by atoms with E-state index in [0.717, 1.165) is 17.8 Å². The zero-order valence-corrected chi connectivity index (χ0v) is 21.5. The highest BCUT2D eigenvalue weighted by Gasteiger charge is 2.14. The van der Waals surface area contributed by atoms with Gasteiger partial charge >= 0.3 is 11.9 Å². The third-order valence-corrected chi connectivity index (χ3v) is 5.68. The Balaban J connectivity index is 1.41. The van der Waals surface area contributed by atoms with Crippen LogP contribution in [0.3, 0.4) is 0 Å². The fourth-order valence-corrected chi connectivity index (χ4v) is 3.60. The molecule has 0 fully saturated rings. The summed E-state index contributed by atoms with van der Waals surface area (Å²) in [6.45, 7) is 1.86. The smallest absolute Gasteiger partial charge is 0.343 e. The maximum atomic E-state index is 14.6. The molecule has 39 heavy (non-hydrogen) atoms. The first kappa shape index (κ1) is 27.1. The van der Waals surface area contributed by atoms with Crippen LogP contribution in [0.2, 0.25) is 0 Å². The van der Waals surface area contributed by atoms with Crippen molar-refractivity contribution >= 4 is 29.0 Å². The van der Waals surface area contributed by atoms with Crippen molar-refractivity contribution in [1.82, 2.24) is 0 Å². The number of carbonyl (C=O) groups excluding carboxylic acids is 2. The molecule has 0 amide bonds. The molecule has 4 aromatic rings. The molecule has 0 heterocycles. The zero-order valence-electron chi connectivity index (χ0n) is 21.5. The van der Waals surface area contributed by atoms with Crippen molar-refractivity contribution in [2.24, 2.45) is 10.2 Å². The van der Waals surface area contributed by atoms with Gasteiger partial charge in [0, 0.05) is 25.3 Å². The van der Waals surface area contributed by atoms with Crippen molar-refractivity contribution in [3.63, 3.8) is 0 Å². The van der Waals surface area contributed by atoms with E-state index in [2.05, 4.69) is 10.2 Å². The summed E-state index contributed by atoms with van der Waals surface area (Å²) in [5.74, 6) is -2.50. The summed E-state index contributed by atoms with van der Waals surface area (Å²) in [6.07, 6.45) is 0. The molecule has 7 nitrogen and oxygen atoms in total. The molecule has 0 aliphatic rings. The maximum absolute atomic E-state index is 14.6. The Morgan fingerprint density at radius 3 is 2.03 bits per heavy atom. The van der Waals surface area contributed by atoms with Crippen molar-refractivity contribution in [2.75, 3.05) is 25.6 Å². The Morgan fingerprint density at radius 2 is 1.41 bits per heavy atom. The van der Waals surface area contributed by atoms with Crippen molar-refractivity contribution < 1.29 is 27.8 Å². The predicted octanol–water partition coefficient (Wildman–Crippen LogP) is 7.51. The van der Waals surface area contributed by atoms with Gasteiger partial charge in [-0.05, 0) is 79.2 Å². The van der Waals surface area contributed by atoms with E-state index < -0.39 is 23.6 Å². The number of nitrogens with zero attached hydrogens (tertiary/aromatic N) is 3. The van der Waals surface area contributed by atoms with Gasteiger partial charge in [0.1, 0.15) is 17.3 Å². The van der Waals surface area contributed by atoms with Crippen molar-refractivity contribution in [1.29, 1.82) is 0 Å². The van der Waals surface area contributed by atoms with E-state index in [1.807, 2.05) is 31.1 Å². The second-order valence-corrected chi connectivity index (χ2v) is 8.61. The summed E-state index contributed by atoms with van der Waals surface area (Å²) in [6, 6.07) is 21.2. The van der Waals surface area contributed by atoms with Crippen LogP contribution in [0.25, 0.3) is 11.1 Å². The first-order valence-corrected chi connectivity index (χ1v) is 12.0. The minimum atomic E-state index is -0.769. The molecule has 0 radical (unpaired) electrons. The highest BCUT2D eigenvalue weighted by Crippen LogP contribution is 2.28. The number of hydrogen-bond acceptors (Lipinski definition) is 7. The fraction of sp³-hybridized carbons (Fsp3) is 0.133. The Bertz CT molecular complexity index is 1520. The highest BCUT2D eigenvalue weighted by molar-refractivity contribution is 5.92. The minimum absolute atomic E-state index is 0.00791. The SMILES string of the molecule is CCOC(=O)c1ccc(-c2ccc(OC(=O)c3ccc(N=Nc4ccc(N(C)C)cc4)c(F)c3)cc2)c(F)c1. The average Bonchev–Trinajstić information content (AvgIpc) is 2.93. The van der Waals surface area contributed by atoms with Crippen molar-refractivity contribution in [3.05, 3.63) is 108 Å². The second kappa shape index (κ2) is 12.1. The van der Waals surface area contributed by atoms with Crippen LogP contribution in [0.1, 0.15) is 27.6 Å². The lowest BCUT2D eigenvalue weighted by atomic mass is 10.0. The number of benzene rings is 4. The second-order valence-electron chi connectivity index (χ2n) is 8.61. The van der Waals surface area contributed by atoms with Crippen LogP contribution in [-0.2, 0) is 4.74 Å². The molecule has 0 N–H and O–H groups in total. The van der Waals surface area contributed by atoms with Gasteiger partial charge in [0.2, 0.25) is 0 Å². The number of carbonyl (C=O) groups is 2. The van der Waals surface area contributed by atoms with Crippen LogP contribution in [-0.4, -0.2) is 32.6 Å². The van der Waals surface area contributed by atoms with Crippen LogP contribution < -0.4 is 9.64 Å². The quantitative estimate of drug-likeness (QED) is 0.134. The molecule has 0 aliphatic carbocycles. The largest absolute Gasteiger partial charge is 0.462 e. The molecule has 0 unspecified atom stereocenters. The molecule has 198 valence electrons. The number of anilines is 1. The molecule has 0 saturated heterocycles. The topological polar surface area (TPSA) is 80.6 Å². The first-order chi connectivity index (χ1) is 18.7. The van der Waals surface area contributed by atoms with Gasteiger partial charge in [-0.15, -0.1) is 5.11 Å². The average molecular weight is 530 g/mol. The lowest BCUT2D eigenvalue weighted by Crippen LogP contribution is -2.08. The summed E-state index contributed by atoms with van der Waals surface area (Å²) in [5.41, 5.74) is 2.41. The van der Waals surface area contributed by atoms with E-state index in [1.165, 1.54) is 36.4 Å². The highest BCUT2D eigenvalue weighted by atomic mass is 19.1. The molecular formula is C30H25F2N3O4. The van der Waals surface area contributed by atoms with Gasteiger partial charge in [-0.1, -0.05) is 18.2 Å². The van der Waals surface area contributed by atoms with Crippen LogP contribution in [0, 0.1) is 11.6 Å². The lowest BCUT2D eigenvalue weighted by molar-refractivity contribution is 0.0525.